The summed E-state index contributed by atoms with van der Waals surface area (Å²) in [6, 6.07) is 17.1. The number of urea groups is 1. The van der Waals surface area contributed by atoms with E-state index in [4.69, 9.17) is 4.74 Å². The van der Waals surface area contributed by atoms with Gasteiger partial charge in [-0.15, -0.1) is 0 Å². The van der Waals surface area contributed by atoms with Crippen LogP contribution in [0.25, 0.3) is 0 Å². The van der Waals surface area contributed by atoms with Gasteiger partial charge in [-0.05, 0) is 30.5 Å². The number of hydrogen-bond donors (Lipinski definition) is 2. The number of nitrogens with one attached hydrogen (secondary N) is 2. The van der Waals surface area contributed by atoms with Crippen LogP contribution in [0.1, 0.15) is 26.3 Å². The summed E-state index contributed by atoms with van der Waals surface area (Å²) in [5.74, 6) is -1.19. The second-order valence-corrected chi connectivity index (χ2v) is 7.45. The maximum atomic E-state index is 12.6. The maximum absolute atomic E-state index is 12.6. The van der Waals surface area contributed by atoms with Crippen LogP contribution in [0.3, 0.4) is 0 Å². The zero-order chi connectivity index (χ0) is 22.1. The van der Waals surface area contributed by atoms with Gasteiger partial charge >= 0.3 is 12.0 Å². The molecule has 3 amide bonds. The Kier molecular flexibility index (Phi) is 8.41. The fourth-order valence-corrected chi connectivity index (χ4v) is 2.87. The third-order valence-electron chi connectivity index (χ3n) is 4.52. The standard InChI is InChI=1S/C23H29N3O4/c1-16(2)20(25-23(29)24-19-13-9-6-10-14-19)22(28)30-17(3)21(27)26(4)15-18-11-7-5-8-12-18/h5-14,16-17,20H,15H2,1-4H3,(H2,24,25,29)/t17-,20-/m1/s1. The molecule has 2 N–H and O–H groups in total. The quantitative estimate of drug-likeness (QED) is 0.652. The predicted octanol–water partition coefficient (Wildman–Crippen LogP) is 3.42. The second-order valence-electron chi connectivity index (χ2n) is 7.45. The van der Waals surface area contributed by atoms with Crippen molar-refractivity contribution in [3.05, 3.63) is 66.2 Å². The third-order valence-corrected chi connectivity index (χ3v) is 4.52. The monoisotopic (exact) mass is 411 g/mol. The summed E-state index contributed by atoms with van der Waals surface area (Å²) in [5, 5.41) is 5.30. The molecule has 0 unspecified atom stereocenters. The summed E-state index contributed by atoms with van der Waals surface area (Å²) in [7, 11) is 1.66. The van der Waals surface area contributed by atoms with Gasteiger partial charge in [-0.25, -0.2) is 9.59 Å². The number of benzene rings is 2. The van der Waals surface area contributed by atoms with Crippen LogP contribution >= 0.6 is 0 Å². The minimum absolute atomic E-state index is 0.219. The molecule has 0 spiro atoms. The summed E-state index contributed by atoms with van der Waals surface area (Å²) in [4.78, 5) is 39.0. The lowest BCUT2D eigenvalue weighted by atomic mass is 10.0. The lowest BCUT2D eigenvalue weighted by Gasteiger charge is -2.25. The molecule has 30 heavy (non-hydrogen) atoms. The van der Waals surface area contributed by atoms with Gasteiger partial charge in [-0.1, -0.05) is 62.4 Å². The smallest absolute Gasteiger partial charge is 0.329 e. The first-order valence-corrected chi connectivity index (χ1v) is 9.90. The van der Waals surface area contributed by atoms with Crippen molar-refractivity contribution < 1.29 is 19.1 Å². The fraction of sp³-hybridized carbons (Fsp3) is 0.348. The van der Waals surface area contributed by atoms with Gasteiger partial charge in [0.05, 0.1) is 0 Å². The molecule has 0 fully saturated rings. The van der Waals surface area contributed by atoms with Crippen molar-refractivity contribution >= 4 is 23.6 Å². The van der Waals surface area contributed by atoms with Gasteiger partial charge < -0.3 is 20.3 Å². The minimum atomic E-state index is -0.966. The fourth-order valence-electron chi connectivity index (χ4n) is 2.87. The molecule has 0 bridgehead atoms. The molecule has 2 aromatic carbocycles. The molecule has 0 heterocycles. The Labute approximate surface area is 177 Å². The van der Waals surface area contributed by atoms with E-state index in [2.05, 4.69) is 10.6 Å². The number of esters is 1. The minimum Gasteiger partial charge on any atom is -0.451 e. The van der Waals surface area contributed by atoms with E-state index < -0.39 is 24.1 Å². The second kappa shape index (κ2) is 11.0. The number of anilines is 1. The molecule has 160 valence electrons. The highest BCUT2D eigenvalue weighted by Gasteiger charge is 2.30. The van der Waals surface area contributed by atoms with Crippen LogP contribution in [0.5, 0.6) is 0 Å². The van der Waals surface area contributed by atoms with Crippen molar-refractivity contribution in [2.75, 3.05) is 12.4 Å². The zero-order valence-electron chi connectivity index (χ0n) is 17.8. The molecule has 2 rings (SSSR count). The molecule has 2 atom stereocenters. The maximum Gasteiger partial charge on any atom is 0.329 e. The molecule has 7 nitrogen and oxygen atoms in total. The molecule has 0 aliphatic heterocycles. The van der Waals surface area contributed by atoms with Crippen LogP contribution < -0.4 is 10.6 Å². The van der Waals surface area contributed by atoms with Crippen LogP contribution in [-0.4, -0.2) is 42.0 Å². The van der Waals surface area contributed by atoms with Crippen LogP contribution in [0, 0.1) is 5.92 Å². The molecule has 0 aromatic heterocycles. The van der Waals surface area contributed by atoms with E-state index in [9.17, 15) is 14.4 Å². The summed E-state index contributed by atoms with van der Waals surface area (Å²) >= 11 is 0. The number of ether oxygens (including phenoxy) is 1. The average molecular weight is 412 g/mol. The molecule has 0 saturated heterocycles. The van der Waals surface area contributed by atoms with Crippen molar-refractivity contribution in [3.8, 4) is 0 Å². The van der Waals surface area contributed by atoms with E-state index >= 15 is 0 Å². The molecule has 7 heteroatoms. The largest absolute Gasteiger partial charge is 0.451 e. The van der Waals surface area contributed by atoms with Gasteiger partial charge in [0.1, 0.15) is 6.04 Å². The Morgan fingerprint density at radius 1 is 0.933 bits per heavy atom. The third kappa shape index (κ3) is 6.92. The Balaban J connectivity index is 1.92. The van der Waals surface area contributed by atoms with Crippen LogP contribution in [-0.2, 0) is 20.9 Å². The van der Waals surface area contributed by atoms with E-state index in [1.807, 2.05) is 36.4 Å². The summed E-state index contributed by atoms with van der Waals surface area (Å²) < 4.78 is 5.37. The Hall–Kier alpha value is -3.35. The van der Waals surface area contributed by atoms with E-state index in [-0.39, 0.29) is 11.8 Å². The Morgan fingerprint density at radius 3 is 2.07 bits per heavy atom. The van der Waals surface area contributed by atoms with Crippen LogP contribution in [0.4, 0.5) is 10.5 Å². The van der Waals surface area contributed by atoms with Gasteiger partial charge in [0.15, 0.2) is 6.10 Å². The van der Waals surface area contributed by atoms with Crippen molar-refractivity contribution in [1.82, 2.24) is 10.2 Å². The molecular weight excluding hydrogens is 382 g/mol. The molecule has 0 radical (unpaired) electrons. The first-order chi connectivity index (χ1) is 14.3. The number of hydrogen-bond acceptors (Lipinski definition) is 4. The lowest BCUT2D eigenvalue weighted by molar-refractivity contribution is -0.161. The van der Waals surface area contributed by atoms with Crippen LogP contribution in [0.15, 0.2) is 60.7 Å². The number of amides is 3. The Bertz CT molecular complexity index is 840. The van der Waals surface area contributed by atoms with Gasteiger partial charge in [0, 0.05) is 19.3 Å². The number of carbonyl (C=O) groups is 3. The molecule has 2 aromatic rings. The van der Waals surface area contributed by atoms with Crippen molar-refractivity contribution in [1.29, 1.82) is 0 Å². The van der Waals surface area contributed by atoms with Crippen molar-refractivity contribution in [3.63, 3.8) is 0 Å². The van der Waals surface area contributed by atoms with Crippen LogP contribution in [0.2, 0.25) is 0 Å². The number of para-hydroxylation sites is 1. The van der Waals surface area contributed by atoms with Gasteiger partial charge in [-0.3, -0.25) is 4.79 Å². The first kappa shape index (κ1) is 22.9. The highest BCUT2D eigenvalue weighted by Crippen LogP contribution is 2.11. The van der Waals surface area contributed by atoms with Gasteiger partial charge in [-0.2, -0.15) is 0 Å². The van der Waals surface area contributed by atoms with Gasteiger partial charge in [0.25, 0.3) is 5.91 Å². The Morgan fingerprint density at radius 2 is 1.50 bits per heavy atom. The SMILES string of the molecule is CC(C)[C@@H](NC(=O)Nc1ccccc1)C(=O)O[C@H](C)C(=O)N(C)Cc1ccccc1. The van der Waals surface area contributed by atoms with E-state index in [0.717, 1.165) is 5.56 Å². The average Bonchev–Trinajstić information content (AvgIpc) is 2.72. The number of carbonyl (C=O) groups excluding carboxylic acids is 3. The predicted molar refractivity (Wildman–Crippen MR) is 116 cm³/mol. The number of nitrogens with zero attached hydrogens (tertiary/aromatic N) is 1. The van der Waals surface area contributed by atoms with Crippen molar-refractivity contribution in [2.24, 2.45) is 5.92 Å². The molecule has 0 aliphatic carbocycles. The van der Waals surface area contributed by atoms with E-state index in [1.165, 1.54) is 11.8 Å². The molecule has 0 saturated carbocycles. The number of likely N-dealkylation sites (N-methyl/N-ethyl adjacent to an activating group) is 1. The summed E-state index contributed by atoms with van der Waals surface area (Å²) in [6.45, 7) is 5.53. The topological polar surface area (TPSA) is 87.7 Å². The number of rotatable bonds is 8. The summed E-state index contributed by atoms with van der Waals surface area (Å²) in [5.41, 5.74) is 1.59. The summed E-state index contributed by atoms with van der Waals surface area (Å²) in [6.07, 6.45) is -0.966. The first-order valence-electron chi connectivity index (χ1n) is 9.90. The van der Waals surface area contributed by atoms with Crippen molar-refractivity contribution in [2.45, 2.75) is 39.5 Å². The van der Waals surface area contributed by atoms with E-state index in [1.54, 1.807) is 45.2 Å². The van der Waals surface area contributed by atoms with Gasteiger partial charge in [0.2, 0.25) is 0 Å². The normalized spacial score (nSPS) is 12.6. The zero-order valence-corrected chi connectivity index (χ0v) is 17.8. The van der Waals surface area contributed by atoms with E-state index in [0.29, 0.717) is 12.2 Å². The highest BCUT2D eigenvalue weighted by atomic mass is 16.5. The highest BCUT2D eigenvalue weighted by molar-refractivity contribution is 5.93. The molecular formula is C23H29N3O4. The lowest BCUT2D eigenvalue weighted by Crippen LogP contribution is -2.49. The molecule has 0 aliphatic rings.